The Kier molecular flexibility index (Phi) is 2.79. The van der Waals surface area contributed by atoms with Gasteiger partial charge in [-0.1, -0.05) is 42.5 Å². The monoisotopic (exact) mass is 277 g/mol. The predicted octanol–water partition coefficient (Wildman–Crippen LogP) is 4.13. The third-order valence-electron chi connectivity index (χ3n) is 4.47. The van der Waals surface area contributed by atoms with Gasteiger partial charge in [-0.3, -0.25) is 0 Å². The summed E-state index contributed by atoms with van der Waals surface area (Å²) >= 11 is 0. The van der Waals surface area contributed by atoms with Crippen molar-refractivity contribution in [1.29, 1.82) is 0 Å². The molecule has 1 nitrogen and oxygen atoms in total. The Morgan fingerprint density at radius 3 is 2.33 bits per heavy atom. The molecule has 21 heavy (non-hydrogen) atoms. The highest BCUT2D eigenvalue weighted by Crippen LogP contribution is 2.35. The molecule has 0 spiro atoms. The molecule has 2 heteroatoms. The second-order valence-electron chi connectivity index (χ2n) is 5.68. The first kappa shape index (κ1) is 12.5. The quantitative estimate of drug-likeness (QED) is 0.749. The summed E-state index contributed by atoms with van der Waals surface area (Å²) in [5, 5.41) is 2.60. The topological polar surface area (TPSA) is 26.0 Å². The molecule has 3 aromatic rings. The van der Waals surface area contributed by atoms with Gasteiger partial charge in [0.1, 0.15) is 5.82 Å². The van der Waals surface area contributed by atoms with E-state index in [2.05, 4.69) is 30.3 Å². The lowest BCUT2D eigenvalue weighted by Gasteiger charge is -2.16. The van der Waals surface area contributed by atoms with Crippen LogP contribution in [0.5, 0.6) is 0 Å². The van der Waals surface area contributed by atoms with Crippen molar-refractivity contribution in [2.45, 2.75) is 18.9 Å². The van der Waals surface area contributed by atoms with Gasteiger partial charge in [-0.05, 0) is 58.0 Å². The molecule has 0 aromatic heterocycles. The molecule has 1 unspecified atom stereocenters. The van der Waals surface area contributed by atoms with E-state index in [0.29, 0.717) is 0 Å². The molecule has 0 heterocycles. The Hall–Kier alpha value is -2.19. The molecular formula is C19H16FN. The van der Waals surface area contributed by atoms with E-state index < -0.39 is 0 Å². The van der Waals surface area contributed by atoms with Crippen LogP contribution < -0.4 is 5.73 Å². The van der Waals surface area contributed by atoms with E-state index in [9.17, 15) is 4.39 Å². The summed E-state index contributed by atoms with van der Waals surface area (Å²) in [6, 6.07) is 17.0. The van der Waals surface area contributed by atoms with Gasteiger partial charge in [0.2, 0.25) is 0 Å². The van der Waals surface area contributed by atoms with Gasteiger partial charge in [0.25, 0.3) is 0 Å². The average molecular weight is 277 g/mol. The first-order valence-electron chi connectivity index (χ1n) is 7.28. The maximum absolute atomic E-state index is 13.1. The van der Waals surface area contributed by atoms with Crippen LogP contribution in [0.25, 0.3) is 10.8 Å². The van der Waals surface area contributed by atoms with E-state index in [1.54, 1.807) is 12.1 Å². The molecule has 0 aliphatic heterocycles. The third-order valence-corrected chi connectivity index (χ3v) is 4.47. The van der Waals surface area contributed by atoms with Crippen molar-refractivity contribution >= 4 is 10.8 Å². The molecule has 2 N–H and O–H groups in total. The Bertz CT molecular complexity index is 811. The number of benzene rings is 3. The van der Waals surface area contributed by atoms with Crippen LogP contribution in [0.15, 0.2) is 54.6 Å². The van der Waals surface area contributed by atoms with Gasteiger partial charge < -0.3 is 5.73 Å². The Balaban J connectivity index is 1.89. The Morgan fingerprint density at radius 1 is 0.857 bits per heavy atom. The van der Waals surface area contributed by atoms with Crippen molar-refractivity contribution < 1.29 is 4.39 Å². The van der Waals surface area contributed by atoms with Crippen molar-refractivity contribution in [1.82, 2.24) is 0 Å². The number of hydrogen-bond donors (Lipinski definition) is 1. The number of aryl methyl sites for hydroxylation is 2. The molecule has 1 aliphatic rings. The highest BCUT2D eigenvalue weighted by Gasteiger charge is 2.19. The van der Waals surface area contributed by atoms with Crippen molar-refractivity contribution in [3.05, 3.63) is 82.7 Å². The number of nitrogens with two attached hydrogens (primary N) is 1. The Morgan fingerprint density at radius 2 is 1.57 bits per heavy atom. The second kappa shape index (κ2) is 4.68. The minimum absolute atomic E-state index is 0.226. The molecular weight excluding hydrogens is 261 g/mol. The zero-order chi connectivity index (χ0) is 14.4. The SMILES string of the molecule is NC(c1ccc(F)cc1)c1ccc2c3c(cccc13)CC2. The summed E-state index contributed by atoms with van der Waals surface area (Å²) in [5.41, 5.74) is 11.3. The molecule has 0 saturated carbocycles. The lowest BCUT2D eigenvalue weighted by molar-refractivity contribution is 0.626. The van der Waals surface area contributed by atoms with Gasteiger partial charge in [-0.2, -0.15) is 0 Å². The fourth-order valence-electron chi connectivity index (χ4n) is 3.39. The van der Waals surface area contributed by atoms with Crippen molar-refractivity contribution in [2.24, 2.45) is 5.73 Å². The molecule has 4 rings (SSSR count). The lowest BCUT2D eigenvalue weighted by Crippen LogP contribution is -2.12. The fraction of sp³-hybridized carbons (Fsp3) is 0.158. The molecule has 0 saturated heterocycles. The van der Waals surface area contributed by atoms with E-state index in [1.165, 1.54) is 34.0 Å². The smallest absolute Gasteiger partial charge is 0.123 e. The van der Waals surface area contributed by atoms with Crippen LogP contribution in [0.1, 0.15) is 28.3 Å². The highest BCUT2D eigenvalue weighted by molar-refractivity contribution is 5.93. The summed E-state index contributed by atoms with van der Waals surface area (Å²) in [7, 11) is 0. The molecule has 0 radical (unpaired) electrons. The first-order valence-corrected chi connectivity index (χ1v) is 7.28. The fourth-order valence-corrected chi connectivity index (χ4v) is 3.39. The van der Waals surface area contributed by atoms with Gasteiger partial charge in [0, 0.05) is 0 Å². The van der Waals surface area contributed by atoms with Crippen LogP contribution in [0, 0.1) is 5.82 Å². The van der Waals surface area contributed by atoms with Crippen LogP contribution >= 0.6 is 0 Å². The van der Waals surface area contributed by atoms with Gasteiger partial charge >= 0.3 is 0 Å². The summed E-state index contributed by atoms with van der Waals surface area (Å²) < 4.78 is 13.1. The molecule has 104 valence electrons. The number of hydrogen-bond acceptors (Lipinski definition) is 1. The number of rotatable bonds is 2. The van der Waals surface area contributed by atoms with Crippen LogP contribution in [-0.4, -0.2) is 0 Å². The minimum atomic E-state index is -0.230. The van der Waals surface area contributed by atoms with E-state index in [0.717, 1.165) is 24.0 Å². The third kappa shape index (κ3) is 1.95. The van der Waals surface area contributed by atoms with Crippen LogP contribution in [0.3, 0.4) is 0 Å². The first-order chi connectivity index (χ1) is 10.2. The van der Waals surface area contributed by atoms with Crippen molar-refractivity contribution in [3.8, 4) is 0 Å². The normalized spacial score (nSPS) is 14.6. The van der Waals surface area contributed by atoms with Crippen LogP contribution in [0.2, 0.25) is 0 Å². The summed E-state index contributed by atoms with van der Waals surface area (Å²) in [4.78, 5) is 0. The van der Waals surface area contributed by atoms with E-state index in [4.69, 9.17) is 5.73 Å². The van der Waals surface area contributed by atoms with Gasteiger partial charge in [0.15, 0.2) is 0 Å². The van der Waals surface area contributed by atoms with Gasteiger partial charge in [0.05, 0.1) is 6.04 Å². The zero-order valence-corrected chi connectivity index (χ0v) is 11.6. The summed E-state index contributed by atoms with van der Waals surface area (Å²) in [6.07, 6.45) is 2.23. The molecule has 0 fully saturated rings. The summed E-state index contributed by atoms with van der Waals surface area (Å²) in [6.45, 7) is 0. The van der Waals surface area contributed by atoms with Crippen LogP contribution in [-0.2, 0) is 12.8 Å². The maximum atomic E-state index is 13.1. The molecule has 1 atom stereocenters. The zero-order valence-electron chi connectivity index (χ0n) is 11.6. The van der Waals surface area contributed by atoms with Crippen molar-refractivity contribution in [2.75, 3.05) is 0 Å². The highest BCUT2D eigenvalue weighted by atomic mass is 19.1. The molecule has 3 aromatic carbocycles. The molecule has 0 bridgehead atoms. The van der Waals surface area contributed by atoms with Crippen LogP contribution in [0.4, 0.5) is 4.39 Å². The standard InChI is InChI=1S/C19H16FN/c20-15-9-6-14(7-10-15)19(21)17-11-8-13-5-4-12-2-1-3-16(17)18(12)13/h1-3,6-11,19H,4-5,21H2. The average Bonchev–Trinajstić information content (AvgIpc) is 2.93. The second-order valence-corrected chi connectivity index (χ2v) is 5.68. The maximum Gasteiger partial charge on any atom is 0.123 e. The Labute approximate surface area is 123 Å². The number of halogens is 1. The van der Waals surface area contributed by atoms with Gasteiger partial charge in [-0.25, -0.2) is 4.39 Å². The van der Waals surface area contributed by atoms with E-state index in [-0.39, 0.29) is 11.9 Å². The largest absolute Gasteiger partial charge is 0.320 e. The molecule has 0 amide bonds. The predicted molar refractivity (Wildman–Crippen MR) is 83.8 cm³/mol. The van der Waals surface area contributed by atoms with E-state index in [1.807, 2.05) is 0 Å². The van der Waals surface area contributed by atoms with Crippen molar-refractivity contribution in [3.63, 3.8) is 0 Å². The van der Waals surface area contributed by atoms with E-state index >= 15 is 0 Å². The molecule has 1 aliphatic carbocycles. The lowest BCUT2D eigenvalue weighted by atomic mass is 9.92. The summed E-state index contributed by atoms with van der Waals surface area (Å²) in [5.74, 6) is -0.230. The minimum Gasteiger partial charge on any atom is -0.320 e. The van der Waals surface area contributed by atoms with Gasteiger partial charge in [-0.15, -0.1) is 0 Å².